The average Bonchev–Trinajstić information content (AvgIpc) is 2.65. The zero-order valence-electron chi connectivity index (χ0n) is 18.5. The normalized spacial score (nSPS) is 23.4. The van der Waals surface area contributed by atoms with Crippen molar-refractivity contribution >= 4 is 6.09 Å². The van der Waals surface area contributed by atoms with Gasteiger partial charge in [0.1, 0.15) is 24.3 Å². The van der Waals surface area contributed by atoms with Gasteiger partial charge in [-0.3, -0.25) is 9.80 Å². The SMILES string of the molecule is CC(C)(C)N(CCN1CC2CN(CC(O)COc3ccc(F)cc3)CC(C1)O2)C(=O)O. The van der Waals surface area contributed by atoms with Crippen molar-refractivity contribution in [3.63, 3.8) is 0 Å². The molecule has 9 heteroatoms. The Morgan fingerprint density at radius 2 is 1.77 bits per heavy atom. The van der Waals surface area contributed by atoms with Gasteiger partial charge in [-0.25, -0.2) is 9.18 Å². The lowest BCUT2D eigenvalue weighted by Gasteiger charge is -2.46. The van der Waals surface area contributed by atoms with E-state index in [2.05, 4.69) is 9.80 Å². The van der Waals surface area contributed by atoms with Crippen LogP contribution >= 0.6 is 0 Å². The van der Waals surface area contributed by atoms with E-state index in [9.17, 15) is 19.4 Å². The maximum atomic E-state index is 13.0. The Morgan fingerprint density at radius 3 is 2.32 bits per heavy atom. The highest BCUT2D eigenvalue weighted by Gasteiger charge is 2.36. The molecule has 2 N–H and O–H groups in total. The van der Waals surface area contributed by atoms with E-state index in [1.165, 1.54) is 17.0 Å². The van der Waals surface area contributed by atoms with Crippen LogP contribution in [0.5, 0.6) is 5.75 Å². The number of hydrogen-bond acceptors (Lipinski definition) is 6. The molecule has 0 radical (unpaired) electrons. The maximum Gasteiger partial charge on any atom is 0.407 e. The minimum Gasteiger partial charge on any atom is -0.491 e. The molecule has 1 amide bonds. The Hall–Kier alpha value is -1.94. The molecule has 3 atom stereocenters. The Balaban J connectivity index is 1.42. The molecule has 0 saturated carbocycles. The fourth-order valence-corrected chi connectivity index (χ4v) is 4.23. The van der Waals surface area contributed by atoms with E-state index in [1.54, 1.807) is 12.1 Å². The number of rotatable bonds is 8. The zero-order chi connectivity index (χ0) is 22.6. The summed E-state index contributed by atoms with van der Waals surface area (Å²) in [5, 5.41) is 19.8. The molecule has 31 heavy (non-hydrogen) atoms. The van der Waals surface area contributed by atoms with Crippen LogP contribution in [0, 0.1) is 5.82 Å². The Morgan fingerprint density at radius 1 is 1.19 bits per heavy atom. The van der Waals surface area contributed by atoms with Crippen molar-refractivity contribution in [2.75, 3.05) is 52.4 Å². The van der Waals surface area contributed by atoms with E-state index >= 15 is 0 Å². The van der Waals surface area contributed by atoms with Crippen molar-refractivity contribution in [2.24, 2.45) is 0 Å². The Kier molecular flexibility index (Phi) is 7.74. The van der Waals surface area contributed by atoms with Gasteiger partial charge in [0, 0.05) is 51.4 Å². The van der Waals surface area contributed by atoms with Gasteiger partial charge in [0.25, 0.3) is 0 Å². The molecule has 2 aliphatic heterocycles. The average molecular weight is 440 g/mol. The number of carboxylic acid groups (broad SMARTS) is 1. The quantitative estimate of drug-likeness (QED) is 0.638. The van der Waals surface area contributed by atoms with E-state index in [-0.39, 0.29) is 24.6 Å². The van der Waals surface area contributed by atoms with Crippen molar-refractivity contribution < 1.29 is 28.9 Å². The fraction of sp³-hybridized carbons (Fsp3) is 0.682. The Bertz CT molecular complexity index is 713. The highest BCUT2D eigenvalue weighted by Crippen LogP contribution is 2.21. The number of ether oxygens (including phenoxy) is 2. The zero-order valence-corrected chi connectivity index (χ0v) is 18.5. The van der Waals surface area contributed by atoms with Gasteiger partial charge in [0.15, 0.2) is 0 Å². The van der Waals surface area contributed by atoms with Gasteiger partial charge >= 0.3 is 6.09 Å². The molecule has 2 aliphatic rings. The van der Waals surface area contributed by atoms with Gasteiger partial charge < -0.3 is 24.6 Å². The third-order valence-corrected chi connectivity index (χ3v) is 5.64. The van der Waals surface area contributed by atoms with Gasteiger partial charge in [0.05, 0.1) is 12.2 Å². The van der Waals surface area contributed by atoms with E-state index in [0.717, 1.165) is 13.1 Å². The third kappa shape index (κ3) is 7.03. The van der Waals surface area contributed by atoms with Crippen molar-refractivity contribution in [2.45, 2.75) is 44.6 Å². The molecule has 2 fully saturated rings. The van der Waals surface area contributed by atoms with Gasteiger partial charge in [-0.1, -0.05) is 0 Å². The Labute approximate surface area is 183 Å². The van der Waals surface area contributed by atoms with Gasteiger partial charge in [-0.05, 0) is 45.0 Å². The van der Waals surface area contributed by atoms with Crippen LogP contribution in [-0.4, -0.2) is 107 Å². The van der Waals surface area contributed by atoms with Crippen LogP contribution in [0.1, 0.15) is 20.8 Å². The molecule has 3 rings (SSSR count). The summed E-state index contributed by atoms with van der Waals surface area (Å²) in [6.45, 7) is 10.4. The summed E-state index contributed by atoms with van der Waals surface area (Å²) in [4.78, 5) is 17.5. The second kappa shape index (κ2) is 10.1. The van der Waals surface area contributed by atoms with E-state index < -0.39 is 17.7 Å². The summed E-state index contributed by atoms with van der Waals surface area (Å²) in [6.07, 6.45) is -1.49. The highest BCUT2D eigenvalue weighted by atomic mass is 19.1. The number of nitrogens with zero attached hydrogens (tertiary/aromatic N) is 3. The van der Waals surface area contributed by atoms with Crippen LogP contribution in [0.2, 0.25) is 0 Å². The fourth-order valence-electron chi connectivity index (χ4n) is 4.23. The number of halogens is 1. The van der Waals surface area contributed by atoms with Gasteiger partial charge in [-0.15, -0.1) is 0 Å². The van der Waals surface area contributed by atoms with Crippen LogP contribution in [0.25, 0.3) is 0 Å². The molecule has 8 nitrogen and oxygen atoms in total. The topological polar surface area (TPSA) is 85.7 Å². The highest BCUT2D eigenvalue weighted by molar-refractivity contribution is 5.65. The van der Waals surface area contributed by atoms with E-state index in [4.69, 9.17) is 9.47 Å². The lowest BCUT2D eigenvalue weighted by Crippen LogP contribution is -2.61. The molecule has 2 heterocycles. The summed E-state index contributed by atoms with van der Waals surface area (Å²) in [5.74, 6) is 0.205. The molecule has 174 valence electrons. The number of hydrogen-bond donors (Lipinski definition) is 2. The summed E-state index contributed by atoms with van der Waals surface area (Å²) >= 11 is 0. The lowest BCUT2D eigenvalue weighted by molar-refractivity contribution is -0.144. The molecule has 0 spiro atoms. The second-order valence-electron chi connectivity index (χ2n) is 9.38. The van der Waals surface area contributed by atoms with Gasteiger partial charge in [-0.2, -0.15) is 0 Å². The number of amides is 1. The lowest BCUT2D eigenvalue weighted by atomic mass is 10.1. The number of aliphatic hydroxyl groups excluding tert-OH is 1. The first-order valence-electron chi connectivity index (χ1n) is 10.8. The molecule has 0 aliphatic carbocycles. The van der Waals surface area contributed by atoms with Crippen LogP contribution < -0.4 is 4.74 Å². The molecule has 0 aromatic heterocycles. The molecule has 3 unspecified atom stereocenters. The van der Waals surface area contributed by atoms with E-state index in [1.807, 2.05) is 20.8 Å². The largest absolute Gasteiger partial charge is 0.491 e. The molecular formula is C22H34FN3O5. The third-order valence-electron chi connectivity index (χ3n) is 5.64. The summed E-state index contributed by atoms with van der Waals surface area (Å²) < 4.78 is 24.6. The predicted octanol–water partition coefficient (Wildman–Crippen LogP) is 1.73. The van der Waals surface area contributed by atoms with Crippen molar-refractivity contribution in [3.05, 3.63) is 30.1 Å². The summed E-state index contributed by atoms with van der Waals surface area (Å²) in [7, 11) is 0. The van der Waals surface area contributed by atoms with Crippen LogP contribution in [0.4, 0.5) is 9.18 Å². The molecular weight excluding hydrogens is 405 g/mol. The standard InChI is InChI=1S/C22H34FN3O5/c1-22(2,3)26(21(28)29)9-8-24-11-19-13-25(14-20(12-24)31-19)10-17(27)15-30-18-6-4-16(23)5-7-18/h4-7,17,19-20,27H,8-15H2,1-3H3,(H,28,29). The molecule has 2 bridgehead atoms. The summed E-state index contributed by atoms with van der Waals surface area (Å²) in [6, 6.07) is 5.74. The van der Waals surface area contributed by atoms with Crippen molar-refractivity contribution in [1.29, 1.82) is 0 Å². The van der Waals surface area contributed by atoms with Gasteiger partial charge in [0.2, 0.25) is 0 Å². The minimum absolute atomic E-state index is 0.0330. The number of morpholine rings is 2. The van der Waals surface area contributed by atoms with Crippen LogP contribution in [0.15, 0.2) is 24.3 Å². The minimum atomic E-state index is -0.899. The van der Waals surface area contributed by atoms with Crippen molar-refractivity contribution in [3.8, 4) is 5.75 Å². The van der Waals surface area contributed by atoms with E-state index in [0.29, 0.717) is 38.5 Å². The predicted molar refractivity (Wildman–Crippen MR) is 114 cm³/mol. The monoisotopic (exact) mass is 439 g/mol. The number of β-amino-alcohol motifs (C(OH)–C–C–N with tert-alkyl or cyclic N) is 1. The molecule has 1 aromatic rings. The maximum absolute atomic E-state index is 13.0. The molecule has 2 saturated heterocycles. The number of fused-ring (bicyclic) bond motifs is 2. The second-order valence-corrected chi connectivity index (χ2v) is 9.38. The van der Waals surface area contributed by atoms with Crippen LogP contribution in [-0.2, 0) is 4.74 Å². The number of benzene rings is 1. The van der Waals surface area contributed by atoms with Crippen molar-refractivity contribution in [1.82, 2.24) is 14.7 Å². The summed E-state index contributed by atoms with van der Waals surface area (Å²) in [5.41, 5.74) is -0.434. The first-order chi connectivity index (χ1) is 14.6. The number of aliphatic hydroxyl groups is 1. The van der Waals surface area contributed by atoms with Crippen LogP contribution in [0.3, 0.4) is 0 Å². The smallest absolute Gasteiger partial charge is 0.407 e. The molecule has 1 aromatic carbocycles. The first kappa shape index (κ1) is 23.7. The number of carbonyl (C=O) groups is 1. The first-order valence-corrected chi connectivity index (χ1v) is 10.8.